The Morgan fingerprint density at radius 1 is 0.763 bits per heavy atom. The summed E-state index contributed by atoms with van der Waals surface area (Å²) in [4.78, 5) is 67.2. The predicted molar refractivity (Wildman–Crippen MR) is 141 cm³/mol. The van der Waals surface area contributed by atoms with E-state index in [1.165, 1.54) is 34.7 Å². The van der Waals surface area contributed by atoms with Gasteiger partial charge < -0.3 is 19.1 Å². The number of esters is 1. The van der Waals surface area contributed by atoms with Gasteiger partial charge in [-0.05, 0) is 74.8 Å². The fourth-order valence-corrected chi connectivity index (χ4v) is 3.38. The lowest BCUT2D eigenvalue weighted by molar-refractivity contribution is -0.160. The molecule has 0 aliphatic heterocycles. The number of carbonyl (C=O) groups excluding carboxylic acids is 5. The number of carbonyl (C=O) groups is 5. The molecule has 0 saturated heterocycles. The zero-order valence-electron chi connectivity index (χ0n) is 24.4. The van der Waals surface area contributed by atoms with Crippen LogP contribution in [0.2, 0.25) is 0 Å². The van der Waals surface area contributed by atoms with Crippen LogP contribution in [0.1, 0.15) is 74.8 Å². The van der Waals surface area contributed by atoms with E-state index in [0.717, 1.165) is 10.5 Å². The third-order valence-corrected chi connectivity index (χ3v) is 5.56. The first-order valence-electron chi connectivity index (χ1n) is 12.5. The van der Waals surface area contributed by atoms with Crippen molar-refractivity contribution in [2.75, 3.05) is 7.05 Å². The molecule has 1 rings (SSSR count). The van der Waals surface area contributed by atoms with Crippen LogP contribution in [-0.2, 0) is 35.2 Å². The highest BCUT2D eigenvalue weighted by atomic mass is 16.6. The largest absolute Gasteiger partial charge is 0.459 e. The smallest absolute Gasteiger partial charge is 0.420 e. The number of imide groups is 1. The Labute approximate surface area is 225 Å². The normalized spacial score (nSPS) is 13.6. The SMILES string of the molecule is C[C@@H](C(=O)OCc1ccccc1)N(C)C(=O)C(C)(C)C(=O)[C@H](C)N(C(=O)OC(C)(C)C)C(=O)OC(C)(C)C. The molecular weight excluding hydrogens is 492 g/mol. The van der Waals surface area contributed by atoms with Gasteiger partial charge >= 0.3 is 18.2 Å². The first kappa shape index (κ1) is 32.6. The molecule has 10 heteroatoms. The molecule has 0 bridgehead atoms. The summed E-state index contributed by atoms with van der Waals surface area (Å²) >= 11 is 0. The lowest BCUT2D eigenvalue weighted by atomic mass is 9.82. The Hall–Kier alpha value is -3.43. The van der Waals surface area contributed by atoms with Gasteiger partial charge in [0, 0.05) is 7.05 Å². The van der Waals surface area contributed by atoms with Crippen molar-refractivity contribution < 1.29 is 38.2 Å². The second kappa shape index (κ2) is 12.4. The topological polar surface area (TPSA) is 120 Å². The summed E-state index contributed by atoms with van der Waals surface area (Å²) in [7, 11) is 1.38. The van der Waals surface area contributed by atoms with Crippen LogP contribution in [0, 0.1) is 5.41 Å². The van der Waals surface area contributed by atoms with Crippen molar-refractivity contribution >= 4 is 29.8 Å². The van der Waals surface area contributed by atoms with Crippen LogP contribution in [0.3, 0.4) is 0 Å². The number of hydrogen-bond acceptors (Lipinski definition) is 8. The minimum Gasteiger partial charge on any atom is -0.459 e. The van der Waals surface area contributed by atoms with E-state index in [2.05, 4.69) is 0 Å². The summed E-state index contributed by atoms with van der Waals surface area (Å²) < 4.78 is 16.0. The van der Waals surface area contributed by atoms with E-state index in [4.69, 9.17) is 14.2 Å². The van der Waals surface area contributed by atoms with Gasteiger partial charge in [0.15, 0.2) is 5.78 Å². The first-order valence-corrected chi connectivity index (χ1v) is 12.5. The van der Waals surface area contributed by atoms with Crippen LogP contribution in [-0.4, -0.2) is 70.0 Å². The van der Waals surface area contributed by atoms with Gasteiger partial charge in [0.05, 0.1) is 0 Å². The highest BCUT2D eigenvalue weighted by Gasteiger charge is 2.47. The van der Waals surface area contributed by atoms with Crippen molar-refractivity contribution in [2.45, 2.75) is 99.1 Å². The Morgan fingerprint density at radius 3 is 1.63 bits per heavy atom. The third-order valence-electron chi connectivity index (χ3n) is 5.56. The molecule has 0 aliphatic rings. The monoisotopic (exact) mass is 534 g/mol. The first-order chi connectivity index (χ1) is 17.2. The molecule has 10 nitrogen and oxygen atoms in total. The van der Waals surface area contributed by atoms with Crippen LogP contribution in [0.5, 0.6) is 0 Å². The maximum Gasteiger partial charge on any atom is 0.420 e. The summed E-state index contributed by atoms with van der Waals surface area (Å²) in [6.07, 6.45) is -2.16. The molecule has 0 fully saturated rings. The average molecular weight is 535 g/mol. The standard InChI is InChI=1S/C28H42N2O8/c1-18(30(24(34)37-26(3,4)5)25(35)38-27(6,7)8)21(31)28(9,10)23(33)29(11)19(2)22(32)36-17-20-15-13-12-14-16-20/h12-16,18-19H,17H2,1-11H3/t18-,19-/m0/s1. The number of hydrogen-bond donors (Lipinski definition) is 0. The van der Waals surface area contributed by atoms with Crippen molar-refractivity contribution in [1.29, 1.82) is 0 Å². The number of Topliss-reactive ketones (excluding diaryl/α,β-unsaturated/α-hetero) is 1. The minimum atomic E-state index is -1.72. The van der Waals surface area contributed by atoms with Crippen LogP contribution < -0.4 is 0 Å². The molecule has 0 saturated carbocycles. The van der Waals surface area contributed by atoms with E-state index in [1.54, 1.807) is 53.7 Å². The zero-order chi connectivity index (χ0) is 29.6. The summed E-state index contributed by atoms with van der Waals surface area (Å²) in [6.45, 7) is 15.3. The molecule has 212 valence electrons. The Balaban J connectivity index is 3.12. The number of ketones is 1. The molecule has 0 aliphatic carbocycles. The van der Waals surface area contributed by atoms with Gasteiger partial charge in [-0.2, -0.15) is 0 Å². The van der Waals surface area contributed by atoms with Gasteiger partial charge in [0.2, 0.25) is 5.91 Å². The highest BCUT2D eigenvalue weighted by molar-refractivity contribution is 6.10. The lowest BCUT2D eigenvalue weighted by Gasteiger charge is -2.36. The van der Waals surface area contributed by atoms with E-state index in [1.807, 2.05) is 18.2 Å². The van der Waals surface area contributed by atoms with Gasteiger partial charge in [-0.15, -0.1) is 0 Å². The number of amides is 3. The molecule has 0 unspecified atom stereocenters. The molecule has 0 heterocycles. The van der Waals surface area contributed by atoms with Crippen molar-refractivity contribution in [3.8, 4) is 0 Å². The van der Waals surface area contributed by atoms with E-state index in [-0.39, 0.29) is 6.61 Å². The molecule has 2 atom stereocenters. The maximum absolute atomic E-state index is 13.6. The second-order valence-corrected chi connectivity index (χ2v) is 11.7. The summed E-state index contributed by atoms with van der Waals surface area (Å²) in [5.41, 5.74) is -2.84. The Bertz CT molecular complexity index is 994. The number of likely N-dealkylation sites (N-methyl/N-ethyl adjacent to an activating group) is 1. The van der Waals surface area contributed by atoms with Crippen LogP contribution in [0.25, 0.3) is 0 Å². The Kier molecular flexibility index (Phi) is 10.6. The van der Waals surface area contributed by atoms with Crippen molar-refractivity contribution in [2.24, 2.45) is 5.41 Å². The fraction of sp³-hybridized carbons (Fsp3) is 0.607. The quantitative estimate of drug-likeness (QED) is 0.267. The van der Waals surface area contributed by atoms with Gasteiger partial charge in [0.1, 0.15) is 35.3 Å². The molecule has 0 radical (unpaired) electrons. The number of ether oxygens (including phenoxy) is 3. The minimum absolute atomic E-state index is 0.0339. The van der Waals surface area contributed by atoms with Gasteiger partial charge in [-0.1, -0.05) is 30.3 Å². The second-order valence-electron chi connectivity index (χ2n) is 11.7. The number of benzene rings is 1. The molecular formula is C28H42N2O8. The van der Waals surface area contributed by atoms with Gasteiger partial charge in [-0.3, -0.25) is 9.59 Å². The van der Waals surface area contributed by atoms with Gasteiger partial charge in [-0.25, -0.2) is 19.3 Å². The molecule has 1 aromatic rings. The van der Waals surface area contributed by atoms with Crippen molar-refractivity contribution in [3.63, 3.8) is 0 Å². The van der Waals surface area contributed by atoms with Crippen molar-refractivity contribution in [1.82, 2.24) is 9.80 Å². The van der Waals surface area contributed by atoms with Crippen LogP contribution in [0.4, 0.5) is 9.59 Å². The molecule has 3 amide bonds. The highest BCUT2D eigenvalue weighted by Crippen LogP contribution is 2.27. The molecule has 1 aromatic carbocycles. The predicted octanol–water partition coefficient (Wildman–Crippen LogP) is 4.73. The van der Waals surface area contributed by atoms with E-state index in [9.17, 15) is 24.0 Å². The molecule has 0 spiro atoms. The molecule has 0 aromatic heterocycles. The van der Waals surface area contributed by atoms with E-state index >= 15 is 0 Å². The van der Waals surface area contributed by atoms with Crippen molar-refractivity contribution in [3.05, 3.63) is 35.9 Å². The number of nitrogens with zero attached hydrogens (tertiary/aromatic N) is 2. The van der Waals surface area contributed by atoms with Crippen LogP contribution in [0.15, 0.2) is 30.3 Å². The summed E-state index contributed by atoms with van der Waals surface area (Å²) in [5, 5.41) is 0. The lowest BCUT2D eigenvalue weighted by Crippen LogP contribution is -2.57. The Morgan fingerprint density at radius 2 is 1.21 bits per heavy atom. The summed E-state index contributed by atoms with van der Waals surface area (Å²) in [6, 6.07) is 6.67. The number of rotatable bonds is 8. The van der Waals surface area contributed by atoms with Crippen LogP contribution >= 0.6 is 0 Å². The van der Waals surface area contributed by atoms with Gasteiger partial charge in [0.25, 0.3) is 0 Å². The molecule has 0 N–H and O–H groups in total. The zero-order valence-corrected chi connectivity index (χ0v) is 24.4. The maximum atomic E-state index is 13.6. The van der Waals surface area contributed by atoms with E-state index in [0.29, 0.717) is 4.90 Å². The fourth-order valence-electron chi connectivity index (χ4n) is 3.38. The van der Waals surface area contributed by atoms with E-state index < -0.39 is 58.5 Å². The summed E-state index contributed by atoms with van der Waals surface area (Å²) in [5.74, 6) is -2.08. The third kappa shape index (κ3) is 9.15. The average Bonchev–Trinajstić information content (AvgIpc) is 2.78. The molecule has 38 heavy (non-hydrogen) atoms.